The van der Waals surface area contributed by atoms with Crippen molar-refractivity contribution in [3.8, 4) is 0 Å². The monoisotopic (exact) mass is 291 g/mol. The standard InChI is InChI=1S/C15H11Cl2NO/c16-11-5-1-3-9(7-11)14(18)13-8-10-4-2-6-12(17)15(10)19-13/h1-8,14H,18H2. The summed E-state index contributed by atoms with van der Waals surface area (Å²) in [5, 5.41) is 2.18. The highest BCUT2D eigenvalue weighted by Gasteiger charge is 2.15. The first-order valence-corrected chi connectivity index (χ1v) is 6.60. The Kier molecular flexibility index (Phi) is 3.23. The van der Waals surface area contributed by atoms with Gasteiger partial charge in [0.1, 0.15) is 5.76 Å². The van der Waals surface area contributed by atoms with E-state index in [9.17, 15) is 0 Å². The fourth-order valence-corrected chi connectivity index (χ4v) is 2.48. The smallest absolute Gasteiger partial charge is 0.152 e. The number of rotatable bonds is 2. The number of fused-ring (bicyclic) bond motifs is 1. The molecule has 0 spiro atoms. The van der Waals surface area contributed by atoms with Crippen molar-refractivity contribution in [2.75, 3.05) is 0 Å². The average molecular weight is 292 g/mol. The van der Waals surface area contributed by atoms with Gasteiger partial charge in [0, 0.05) is 10.4 Å². The number of hydrogen-bond acceptors (Lipinski definition) is 2. The van der Waals surface area contributed by atoms with Gasteiger partial charge in [0.15, 0.2) is 5.58 Å². The summed E-state index contributed by atoms with van der Waals surface area (Å²) in [4.78, 5) is 0. The summed E-state index contributed by atoms with van der Waals surface area (Å²) in [6.07, 6.45) is 0. The van der Waals surface area contributed by atoms with Crippen LogP contribution < -0.4 is 5.73 Å². The summed E-state index contributed by atoms with van der Waals surface area (Å²) in [5.41, 5.74) is 7.77. The Bertz CT molecular complexity index is 736. The number of hydrogen-bond donors (Lipinski definition) is 1. The van der Waals surface area contributed by atoms with Gasteiger partial charge in [0.2, 0.25) is 0 Å². The van der Waals surface area contributed by atoms with Crippen LogP contribution in [0.5, 0.6) is 0 Å². The molecule has 0 aliphatic heterocycles. The Balaban J connectivity index is 2.06. The molecule has 0 radical (unpaired) electrons. The van der Waals surface area contributed by atoms with Crippen LogP contribution in [-0.2, 0) is 0 Å². The van der Waals surface area contributed by atoms with E-state index in [0.717, 1.165) is 10.9 Å². The molecule has 1 atom stereocenters. The SMILES string of the molecule is NC(c1cccc(Cl)c1)c1cc2cccc(Cl)c2o1. The lowest BCUT2D eigenvalue weighted by Crippen LogP contribution is -2.10. The lowest BCUT2D eigenvalue weighted by atomic mass is 10.1. The first kappa shape index (κ1) is 12.5. The molecular formula is C15H11Cl2NO. The van der Waals surface area contributed by atoms with E-state index in [1.54, 1.807) is 6.07 Å². The third kappa shape index (κ3) is 2.35. The number of halogens is 2. The molecule has 1 aromatic heterocycles. The molecule has 19 heavy (non-hydrogen) atoms. The molecule has 0 saturated heterocycles. The second-order valence-corrected chi connectivity index (χ2v) is 5.18. The van der Waals surface area contributed by atoms with Crippen molar-refractivity contribution in [3.63, 3.8) is 0 Å². The van der Waals surface area contributed by atoms with E-state index < -0.39 is 0 Å². The maximum Gasteiger partial charge on any atom is 0.152 e. The first-order chi connectivity index (χ1) is 9.15. The van der Waals surface area contributed by atoms with Crippen LogP contribution in [0.1, 0.15) is 17.4 Å². The maximum absolute atomic E-state index is 6.20. The van der Waals surface area contributed by atoms with E-state index in [4.69, 9.17) is 33.4 Å². The third-order valence-electron chi connectivity index (χ3n) is 3.03. The molecule has 3 aromatic rings. The second-order valence-electron chi connectivity index (χ2n) is 4.34. The molecule has 0 bridgehead atoms. The number of nitrogens with two attached hydrogens (primary N) is 1. The van der Waals surface area contributed by atoms with Gasteiger partial charge in [-0.05, 0) is 29.8 Å². The molecule has 0 aliphatic rings. The third-order valence-corrected chi connectivity index (χ3v) is 3.56. The van der Waals surface area contributed by atoms with E-state index in [-0.39, 0.29) is 6.04 Å². The van der Waals surface area contributed by atoms with Crippen LogP contribution in [0.4, 0.5) is 0 Å². The summed E-state index contributed by atoms with van der Waals surface area (Å²) >= 11 is 12.1. The Labute approximate surface area is 120 Å². The zero-order valence-corrected chi connectivity index (χ0v) is 11.4. The zero-order valence-electron chi connectivity index (χ0n) is 9.94. The largest absolute Gasteiger partial charge is 0.457 e. The molecule has 0 amide bonds. The van der Waals surface area contributed by atoms with Crippen LogP contribution in [0.2, 0.25) is 10.0 Å². The highest BCUT2D eigenvalue weighted by atomic mass is 35.5. The summed E-state index contributed by atoms with van der Waals surface area (Å²) in [5.74, 6) is 0.672. The summed E-state index contributed by atoms with van der Waals surface area (Å²) in [6, 6.07) is 14.6. The van der Waals surface area contributed by atoms with E-state index >= 15 is 0 Å². The minimum Gasteiger partial charge on any atom is -0.457 e. The highest BCUT2D eigenvalue weighted by Crippen LogP contribution is 2.31. The van der Waals surface area contributed by atoms with Gasteiger partial charge < -0.3 is 10.2 Å². The van der Waals surface area contributed by atoms with Gasteiger partial charge in [-0.2, -0.15) is 0 Å². The van der Waals surface area contributed by atoms with E-state index in [1.807, 2.05) is 42.5 Å². The lowest BCUT2D eigenvalue weighted by Gasteiger charge is -2.09. The molecule has 3 rings (SSSR count). The minimum atomic E-state index is -0.359. The number of benzene rings is 2. The molecule has 2 nitrogen and oxygen atoms in total. The van der Waals surface area contributed by atoms with E-state index in [2.05, 4.69) is 0 Å². The second kappa shape index (κ2) is 4.89. The van der Waals surface area contributed by atoms with Crippen molar-refractivity contribution < 1.29 is 4.42 Å². The fraction of sp³-hybridized carbons (Fsp3) is 0.0667. The van der Waals surface area contributed by atoms with Crippen LogP contribution in [0.3, 0.4) is 0 Å². The van der Waals surface area contributed by atoms with Crippen molar-refractivity contribution in [1.29, 1.82) is 0 Å². The average Bonchev–Trinajstić information content (AvgIpc) is 2.83. The number of furan rings is 1. The molecular weight excluding hydrogens is 281 g/mol. The molecule has 2 N–H and O–H groups in total. The molecule has 96 valence electrons. The van der Waals surface area contributed by atoms with Crippen LogP contribution in [-0.4, -0.2) is 0 Å². The Hall–Kier alpha value is -1.48. The van der Waals surface area contributed by atoms with Crippen LogP contribution in [0.25, 0.3) is 11.0 Å². The fourth-order valence-electron chi connectivity index (χ4n) is 2.07. The van der Waals surface area contributed by atoms with Crippen molar-refractivity contribution in [3.05, 3.63) is 69.9 Å². The van der Waals surface area contributed by atoms with Gasteiger partial charge in [-0.3, -0.25) is 0 Å². The Morgan fingerprint density at radius 2 is 1.79 bits per heavy atom. The van der Waals surface area contributed by atoms with Gasteiger partial charge in [-0.25, -0.2) is 0 Å². The summed E-state index contributed by atoms with van der Waals surface area (Å²) in [6.45, 7) is 0. The molecule has 2 aromatic carbocycles. The van der Waals surface area contributed by atoms with Gasteiger partial charge in [0.25, 0.3) is 0 Å². The first-order valence-electron chi connectivity index (χ1n) is 5.84. The molecule has 0 aliphatic carbocycles. The molecule has 0 fully saturated rings. The minimum absolute atomic E-state index is 0.359. The molecule has 4 heteroatoms. The summed E-state index contributed by atoms with van der Waals surface area (Å²) in [7, 11) is 0. The normalized spacial score (nSPS) is 12.8. The van der Waals surface area contributed by atoms with Crippen molar-refractivity contribution in [2.24, 2.45) is 5.73 Å². The molecule has 0 saturated carbocycles. The van der Waals surface area contributed by atoms with Crippen molar-refractivity contribution in [1.82, 2.24) is 0 Å². The van der Waals surface area contributed by atoms with Gasteiger partial charge in [0.05, 0.1) is 11.1 Å². The van der Waals surface area contributed by atoms with Crippen LogP contribution in [0.15, 0.2) is 52.9 Å². The lowest BCUT2D eigenvalue weighted by molar-refractivity contribution is 0.525. The van der Waals surface area contributed by atoms with Gasteiger partial charge in [-0.15, -0.1) is 0 Å². The molecule has 1 heterocycles. The molecule has 1 unspecified atom stereocenters. The van der Waals surface area contributed by atoms with Crippen LogP contribution >= 0.6 is 23.2 Å². The van der Waals surface area contributed by atoms with Gasteiger partial charge >= 0.3 is 0 Å². The van der Waals surface area contributed by atoms with E-state index in [1.165, 1.54) is 0 Å². The van der Waals surface area contributed by atoms with Crippen molar-refractivity contribution >= 4 is 34.2 Å². The Morgan fingerprint density at radius 3 is 2.53 bits per heavy atom. The van der Waals surface area contributed by atoms with Crippen molar-refractivity contribution in [2.45, 2.75) is 6.04 Å². The topological polar surface area (TPSA) is 39.2 Å². The predicted molar refractivity (Wildman–Crippen MR) is 78.7 cm³/mol. The van der Waals surface area contributed by atoms with Crippen LogP contribution in [0, 0.1) is 0 Å². The highest BCUT2D eigenvalue weighted by molar-refractivity contribution is 6.34. The maximum atomic E-state index is 6.20. The quantitative estimate of drug-likeness (QED) is 0.737. The Morgan fingerprint density at radius 1 is 1.00 bits per heavy atom. The predicted octanol–water partition coefficient (Wildman–Crippen LogP) is 4.79. The van der Waals surface area contributed by atoms with Gasteiger partial charge in [-0.1, -0.05) is 47.5 Å². The number of para-hydroxylation sites is 1. The van der Waals surface area contributed by atoms with E-state index in [0.29, 0.717) is 21.4 Å². The summed E-state index contributed by atoms with van der Waals surface area (Å²) < 4.78 is 5.75. The zero-order chi connectivity index (χ0) is 13.4.